The van der Waals surface area contributed by atoms with Crippen LogP contribution in [0.1, 0.15) is 44.8 Å². The second kappa shape index (κ2) is 8.22. The topological polar surface area (TPSA) is 98.1 Å². The smallest absolute Gasteiger partial charge is 0.217 e. The van der Waals surface area contributed by atoms with Crippen LogP contribution >= 0.6 is 0 Å². The van der Waals surface area contributed by atoms with Crippen molar-refractivity contribution in [3.05, 3.63) is 29.8 Å². The average Bonchev–Trinajstić information content (AvgIpc) is 3.23. The number of pyridine rings is 1. The molecule has 26 heavy (non-hydrogen) atoms. The number of rotatable bonds is 7. The van der Waals surface area contributed by atoms with Crippen LogP contribution in [0.5, 0.6) is 5.75 Å². The van der Waals surface area contributed by atoms with E-state index in [0.717, 1.165) is 43.3 Å². The van der Waals surface area contributed by atoms with Crippen LogP contribution in [-0.2, 0) is 17.9 Å². The zero-order valence-corrected chi connectivity index (χ0v) is 15.4. The molecule has 140 valence electrons. The fraction of sp³-hybridized carbons (Fsp3) is 0.588. The van der Waals surface area contributed by atoms with Gasteiger partial charge < -0.3 is 10.1 Å². The molecule has 2 aromatic rings. The Kier molecular flexibility index (Phi) is 5.77. The first kappa shape index (κ1) is 18.2. The number of hydrogen-bond acceptors (Lipinski definition) is 7. The Labute approximate surface area is 152 Å². The molecule has 0 bridgehead atoms. The van der Waals surface area contributed by atoms with Crippen LogP contribution < -0.4 is 10.1 Å². The van der Waals surface area contributed by atoms with Gasteiger partial charge in [-0.15, -0.1) is 5.10 Å². The molecule has 0 radical (unpaired) electrons. The van der Waals surface area contributed by atoms with Gasteiger partial charge in [0.15, 0.2) is 5.82 Å². The van der Waals surface area contributed by atoms with E-state index in [1.54, 1.807) is 6.20 Å². The lowest BCUT2D eigenvalue weighted by molar-refractivity contribution is -0.119. The van der Waals surface area contributed by atoms with Gasteiger partial charge in [-0.3, -0.25) is 14.7 Å². The summed E-state index contributed by atoms with van der Waals surface area (Å²) in [4.78, 5) is 17.6. The quantitative estimate of drug-likeness (QED) is 0.785. The zero-order valence-electron chi connectivity index (χ0n) is 15.4. The number of amides is 1. The highest BCUT2D eigenvalue weighted by molar-refractivity contribution is 5.72. The lowest BCUT2D eigenvalue weighted by Gasteiger charge is -2.17. The van der Waals surface area contributed by atoms with E-state index in [4.69, 9.17) is 4.74 Å². The van der Waals surface area contributed by atoms with Crippen molar-refractivity contribution in [2.24, 2.45) is 0 Å². The largest absolute Gasteiger partial charge is 0.489 e. The van der Waals surface area contributed by atoms with Crippen LogP contribution in [0.25, 0.3) is 0 Å². The minimum absolute atomic E-state index is 0.0757. The summed E-state index contributed by atoms with van der Waals surface area (Å²) in [6.45, 7) is 8.52. The third-order valence-corrected chi connectivity index (χ3v) is 4.25. The van der Waals surface area contributed by atoms with Crippen LogP contribution in [0.3, 0.4) is 0 Å². The maximum absolute atomic E-state index is 11.0. The summed E-state index contributed by atoms with van der Waals surface area (Å²) in [5, 5.41) is 14.7. The standard InChI is InChI=1S/C17H25N7O2/c1-12(2)24-17(20-21-22-24)11-23-7-5-16(10-23)26-15-4-6-18-14(8-15)9-19-13(3)25/h4,6,8,12,16H,5,7,9-11H2,1-3H3,(H,19,25). The van der Waals surface area contributed by atoms with Crippen molar-refractivity contribution in [2.75, 3.05) is 13.1 Å². The van der Waals surface area contributed by atoms with Crippen LogP contribution in [0, 0.1) is 0 Å². The first-order valence-corrected chi connectivity index (χ1v) is 8.86. The first-order chi connectivity index (χ1) is 12.5. The van der Waals surface area contributed by atoms with Gasteiger partial charge in [0.2, 0.25) is 5.91 Å². The number of nitrogens with one attached hydrogen (secondary N) is 1. The summed E-state index contributed by atoms with van der Waals surface area (Å²) >= 11 is 0. The summed E-state index contributed by atoms with van der Waals surface area (Å²) in [5.74, 6) is 1.58. The molecule has 3 rings (SSSR count). The van der Waals surface area contributed by atoms with Crippen molar-refractivity contribution in [1.29, 1.82) is 0 Å². The van der Waals surface area contributed by atoms with Gasteiger partial charge in [0, 0.05) is 32.3 Å². The Morgan fingerprint density at radius 3 is 3.08 bits per heavy atom. The maximum Gasteiger partial charge on any atom is 0.217 e. The Hall–Kier alpha value is -2.55. The summed E-state index contributed by atoms with van der Waals surface area (Å²) in [6, 6.07) is 3.96. The van der Waals surface area contributed by atoms with E-state index in [0.29, 0.717) is 6.54 Å². The predicted octanol–water partition coefficient (Wildman–Crippen LogP) is 0.938. The van der Waals surface area contributed by atoms with Crippen LogP contribution in [0.4, 0.5) is 0 Å². The fourth-order valence-electron chi connectivity index (χ4n) is 2.99. The normalized spacial score (nSPS) is 17.6. The lowest BCUT2D eigenvalue weighted by atomic mass is 10.3. The van der Waals surface area contributed by atoms with Crippen molar-refractivity contribution < 1.29 is 9.53 Å². The predicted molar refractivity (Wildman–Crippen MR) is 94.3 cm³/mol. The number of likely N-dealkylation sites (tertiary alicyclic amines) is 1. The van der Waals surface area contributed by atoms with E-state index >= 15 is 0 Å². The molecule has 0 aliphatic carbocycles. The first-order valence-electron chi connectivity index (χ1n) is 8.86. The Morgan fingerprint density at radius 2 is 2.31 bits per heavy atom. The highest BCUT2D eigenvalue weighted by Crippen LogP contribution is 2.20. The van der Waals surface area contributed by atoms with Gasteiger partial charge in [-0.25, -0.2) is 4.68 Å². The van der Waals surface area contributed by atoms with Gasteiger partial charge in [-0.2, -0.15) is 0 Å². The van der Waals surface area contributed by atoms with Crippen LogP contribution in [0.15, 0.2) is 18.3 Å². The molecule has 1 aliphatic heterocycles. The average molecular weight is 359 g/mol. The molecule has 9 nitrogen and oxygen atoms in total. The number of ether oxygens (including phenoxy) is 1. The van der Waals surface area contributed by atoms with E-state index in [-0.39, 0.29) is 18.1 Å². The van der Waals surface area contributed by atoms with Crippen molar-refractivity contribution in [3.8, 4) is 5.75 Å². The highest BCUT2D eigenvalue weighted by atomic mass is 16.5. The molecule has 1 atom stereocenters. The Morgan fingerprint density at radius 1 is 1.46 bits per heavy atom. The second-order valence-corrected chi connectivity index (χ2v) is 6.79. The van der Waals surface area contributed by atoms with E-state index in [9.17, 15) is 4.79 Å². The molecular weight excluding hydrogens is 334 g/mol. The van der Waals surface area contributed by atoms with Crippen molar-refractivity contribution in [1.82, 2.24) is 35.4 Å². The van der Waals surface area contributed by atoms with E-state index < -0.39 is 0 Å². The van der Waals surface area contributed by atoms with E-state index in [2.05, 4.69) is 44.6 Å². The number of hydrogen-bond donors (Lipinski definition) is 1. The number of nitrogens with zero attached hydrogens (tertiary/aromatic N) is 6. The minimum atomic E-state index is -0.0757. The summed E-state index contributed by atoms with van der Waals surface area (Å²) in [7, 11) is 0. The molecule has 0 aromatic carbocycles. The molecular formula is C17H25N7O2. The van der Waals surface area contributed by atoms with Gasteiger partial charge in [0.05, 0.1) is 24.8 Å². The monoisotopic (exact) mass is 359 g/mol. The number of carbonyl (C=O) groups is 1. The van der Waals surface area contributed by atoms with Gasteiger partial charge >= 0.3 is 0 Å². The minimum Gasteiger partial charge on any atom is -0.489 e. The third-order valence-electron chi connectivity index (χ3n) is 4.25. The van der Waals surface area contributed by atoms with Gasteiger partial charge in [0.1, 0.15) is 11.9 Å². The Balaban J connectivity index is 1.54. The third kappa shape index (κ3) is 4.75. The molecule has 0 saturated carbocycles. The highest BCUT2D eigenvalue weighted by Gasteiger charge is 2.26. The zero-order chi connectivity index (χ0) is 18.5. The van der Waals surface area contributed by atoms with Crippen molar-refractivity contribution in [2.45, 2.75) is 52.4 Å². The van der Waals surface area contributed by atoms with E-state index in [1.807, 2.05) is 16.8 Å². The molecule has 3 heterocycles. The number of tetrazole rings is 1. The van der Waals surface area contributed by atoms with Gasteiger partial charge in [-0.05, 0) is 36.8 Å². The number of carbonyl (C=O) groups excluding carboxylic acids is 1. The summed E-state index contributed by atoms with van der Waals surface area (Å²) < 4.78 is 7.95. The molecule has 2 aromatic heterocycles. The molecule has 9 heteroatoms. The van der Waals surface area contributed by atoms with Crippen LogP contribution in [-0.4, -0.2) is 55.2 Å². The fourth-order valence-corrected chi connectivity index (χ4v) is 2.99. The summed E-state index contributed by atoms with van der Waals surface area (Å²) in [5.41, 5.74) is 0.781. The molecule has 1 N–H and O–H groups in total. The van der Waals surface area contributed by atoms with Crippen LogP contribution in [0.2, 0.25) is 0 Å². The molecule has 1 aliphatic rings. The van der Waals surface area contributed by atoms with Gasteiger partial charge in [0.25, 0.3) is 0 Å². The maximum atomic E-state index is 11.0. The second-order valence-electron chi connectivity index (χ2n) is 6.79. The molecule has 1 amide bonds. The number of aromatic nitrogens is 5. The SMILES string of the molecule is CC(=O)NCc1cc(OC2CCN(Cc3nnnn3C(C)C)C2)ccn1. The van der Waals surface area contributed by atoms with Gasteiger partial charge in [-0.1, -0.05) is 0 Å². The van der Waals surface area contributed by atoms with Crippen molar-refractivity contribution in [3.63, 3.8) is 0 Å². The Bertz CT molecular complexity index is 746. The summed E-state index contributed by atoms with van der Waals surface area (Å²) in [6.07, 6.45) is 2.78. The molecule has 1 unspecified atom stereocenters. The molecule has 1 fully saturated rings. The molecule has 0 spiro atoms. The van der Waals surface area contributed by atoms with Crippen molar-refractivity contribution >= 4 is 5.91 Å². The van der Waals surface area contributed by atoms with E-state index in [1.165, 1.54) is 6.92 Å². The molecule has 1 saturated heterocycles. The lowest BCUT2D eigenvalue weighted by Crippen LogP contribution is -2.26.